The molecule has 1 fully saturated rings. The highest BCUT2D eigenvalue weighted by molar-refractivity contribution is 7.89. The van der Waals surface area contributed by atoms with Crippen LogP contribution in [0, 0.1) is 0 Å². The van der Waals surface area contributed by atoms with Crippen LogP contribution in [0.25, 0.3) is 0 Å². The molecule has 7 heteroatoms. The van der Waals surface area contributed by atoms with Gasteiger partial charge in [0.1, 0.15) is 5.76 Å². The molecule has 21 heavy (non-hydrogen) atoms. The van der Waals surface area contributed by atoms with Crippen LogP contribution < -0.4 is 10.0 Å². The molecule has 1 atom stereocenters. The highest BCUT2D eigenvalue weighted by Crippen LogP contribution is 2.24. The van der Waals surface area contributed by atoms with Crippen LogP contribution in [0.4, 0.5) is 0 Å². The molecule has 1 unspecified atom stereocenters. The number of ether oxygens (including phenoxy) is 1. The predicted octanol–water partition coefficient (Wildman–Crippen LogP) is 1.63. The summed E-state index contributed by atoms with van der Waals surface area (Å²) in [4.78, 5) is 0. The Labute approximate surface area is 126 Å². The second-order valence-electron chi connectivity index (χ2n) is 5.62. The van der Waals surface area contributed by atoms with Crippen molar-refractivity contribution in [2.45, 2.75) is 50.3 Å². The molecule has 2 heterocycles. The van der Waals surface area contributed by atoms with Crippen molar-refractivity contribution in [3.8, 4) is 0 Å². The minimum atomic E-state index is -3.62. The molecule has 6 nitrogen and oxygen atoms in total. The molecular formula is C14H24N2O4S. The van der Waals surface area contributed by atoms with E-state index in [0.29, 0.717) is 18.9 Å². The molecule has 1 aromatic heterocycles. The normalized spacial score (nSPS) is 22.8. The summed E-state index contributed by atoms with van der Waals surface area (Å²) in [6.07, 6.45) is 2.85. The van der Waals surface area contributed by atoms with E-state index in [1.54, 1.807) is 6.07 Å². The largest absolute Gasteiger partial charge is 0.447 e. The topological polar surface area (TPSA) is 80.6 Å². The molecule has 0 spiro atoms. The van der Waals surface area contributed by atoms with Crippen molar-refractivity contribution in [1.29, 1.82) is 0 Å². The Hall–Kier alpha value is -0.890. The Morgan fingerprint density at radius 2 is 2.19 bits per heavy atom. The maximum Gasteiger partial charge on any atom is 0.274 e. The van der Waals surface area contributed by atoms with Crippen LogP contribution in [0.15, 0.2) is 21.6 Å². The first kappa shape index (κ1) is 16.5. The molecule has 0 radical (unpaired) electrons. The lowest BCUT2D eigenvalue weighted by Crippen LogP contribution is -2.39. The molecule has 0 saturated carbocycles. The first-order valence-electron chi connectivity index (χ1n) is 7.38. The number of furan rings is 1. The lowest BCUT2D eigenvalue weighted by Gasteiger charge is -2.22. The molecular weight excluding hydrogens is 292 g/mol. The minimum absolute atomic E-state index is 0.0441. The Kier molecular flexibility index (Phi) is 5.43. The summed E-state index contributed by atoms with van der Waals surface area (Å²) in [5.41, 5.74) is -0.412. The van der Waals surface area contributed by atoms with Crippen LogP contribution in [0.1, 0.15) is 38.9 Å². The minimum Gasteiger partial charge on any atom is -0.447 e. The fraction of sp³-hybridized carbons (Fsp3) is 0.714. The molecule has 120 valence electrons. The first-order valence-corrected chi connectivity index (χ1v) is 8.86. The van der Waals surface area contributed by atoms with Crippen molar-refractivity contribution in [2.24, 2.45) is 0 Å². The van der Waals surface area contributed by atoms with Gasteiger partial charge >= 0.3 is 0 Å². The van der Waals surface area contributed by atoms with E-state index in [1.807, 2.05) is 6.92 Å². The van der Waals surface area contributed by atoms with E-state index in [0.717, 1.165) is 25.8 Å². The predicted molar refractivity (Wildman–Crippen MR) is 79.5 cm³/mol. The number of sulfonamides is 1. The van der Waals surface area contributed by atoms with Crippen molar-refractivity contribution in [3.63, 3.8) is 0 Å². The fourth-order valence-corrected chi connectivity index (χ4v) is 3.38. The monoisotopic (exact) mass is 316 g/mol. The lowest BCUT2D eigenvalue weighted by atomic mass is 10.0. The Morgan fingerprint density at radius 3 is 2.86 bits per heavy atom. The van der Waals surface area contributed by atoms with Gasteiger partial charge in [-0.25, -0.2) is 13.1 Å². The van der Waals surface area contributed by atoms with Gasteiger partial charge in [-0.2, -0.15) is 0 Å². The second-order valence-corrected chi connectivity index (χ2v) is 7.32. The molecule has 1 aliphatic heterocycles. The van der Waals surface area contributed by atoms with Crippen LogP contribution in [0.3, 0.4) is 0 Å². The zero-order valence-corrected chi connectivity index (χ0v) is 13.5. The summed E-state index contributed by atoms with van der Waals surface area (Å²) >= 11 is 0. The van der Waals surface area contributed by atoms with Crippen molar-refractivity contribution in [1.82, 2.24) is 10.0 Å². The lowest BCUT2D eigenvalue weighted by molar-refractivity contribution is 0.0250. The molecule has 0 amide bonds. The molecule has 2 N–H and O–H groups in total. The van der Waals surface area contributed by atoms with Gasteiger partial charge in [0, 0.05) is 13.2 Å². The van der Waals surface area contributed by atoms with Gasteiger partial charge in [0.2, 0.25) is 5.09 Å². The average molecular weight is 316 g/mol. The highest BCUT2D eigenvalue weighted by atomic mass is 32.2. The van der Waals surface area contributed by atoms with Crippen LogP contribution in [0.5, 0.6) is 0 Å². The van der Waals surface area contributed by atoms with Crippen molar-refractivity contribution in [3.05, 3.63) is 17.9 Å². The van der Waals surface area contributed by atoms with E-state index in [-0.39, 0.29) is 11.6 Å². The van der Waals surface area contributed by atoms with Gasteiger partial charge in [0.15, 0.2) is 0 Å². The van der Waals surface area contributed by atoms with Gasteiger partial charge in [0.05, 0.1) is 12.1 Å². The highest BCUT2D eigenvalue weighted by Gasteiger charge is 2.32. The van der Waals surface area contributed by atoms with E-state index < -0.39 is 15.6 Å². The van der Waals surface area contributed by atoms with Gasteiger partial charge in [-0.3, -0.25) is 0 Å². The Bertz CT molecular complexity index is 547. The van der Waals surface area contributed by atoms with E-state index in [2.05, 4.69) is 17.0 Å². The molecule has 0 aliphatic carbocycles. The first-order chi connectivity index (χ1) is 9.95. The fourth-order valence-electron chi connectivity index (χ4n) is 2.28. The van der Waals surface area contributed by atoms with Gasteiger partial charge in [-0.05, 0) is 44.9 Å². The number of hydrogen-bond donors (Lipinski definition) is 2. The average Bonchev–Trinajstić information content (AvgIpc) is 3.07. The molecule has 1 saturated heterocycles. The van der Waals surface area contributed by atoms with Crippen LogP contribution in [-0.2, 0) is 21.3 Å². The van der Waals surface area contributed by atoms with Gasteiger partial charge in [-0.1, -0.05) is 6.92 Å². The maximum atomic E-state index is 12.2. The van der Waals surface area contributed by atoms with Crippen molar-refractivity contribution in [2.75, 3.05) is 19.7 Å². The summed E-state index contributed by atoms with van der Waals surface area (Å²) in [5, 5.41) is 3.13. The number of hydrogen-bond acceptors (Lipinski definition) is 5. The molecule has 2 rings (SSSR count). The molecule has 1 aromatic rings. The Balaban J connectivity index is 1.92. The summed E-state index contributed by atoms with van der Waals surface area (Å²) < 4.78 is 37.9. The SMILES string of the molecule is CCCNCc1ccc(S(=O)(=O)NCC2(C)CCCO2)o1. The quantitative estimate of drug-likeness (QED) is 0.713. The molecule has 0 bridgehead atoms. The van der Waals surface area contributed by atoms with Crippen LogP contribution >= 0.6 is 0 Å². The van der Waals surface area contributed by atoms with Gasteiger partial charge < -0.3 is 14.5 Å². The third-order valence-electron chi connectivity index (χ3n) is 3.56. The van der Waals surface area contributed by atoms with E-state index in [4.69, 9.17) is 9.15 Å². The van der Waals surface area contributed by atoms with E-state index >= 15 is 0 Å². The smallest absolute Gasteiger partial charge is 0.274 e. The standard InChI is InChI=1S/C14H24N2O4S/c1-3-8-15-10-12-5-6-13(20-12)21(17,18)16-11-14(2)7-4-9-19-14/h5-6,15-16H,3-4,7-11H2,1-2H3. The zero-order valence-electron chi connectivity index (χ0n) is 12.6. The number of rotatable bonds is 8. The van der Waals surface area contributed by atoms with Gasteiger partial charge in [-0.15, -0.1) is 0 Å². The third-order valence-corrected chi connectivity index (χ3v) is 4.84. The van der Waals surface area contributed by atoms with Crippen molar-refractivity contribution >= 4 is 10.0 Å². The van der Waals surface area contributed by atoms with Crippen LogP contribution in [0.2, 0.25) is 0 Å². The molecule has 1 aliphatic rings. The summed E-state index contributed by atoms with van der Waals surface area (Å²) in [7, 11) is -3.62. The summed E-state index contributed by atoms with van der Waals surface area (Å²) in [5.74, 6) is 0.618. The number of nitrogens with one attached hydrogen (secondary N) is 2. The van der Waals surface area contributed by atoms with Crippen LogP contribution in [-0.4, -0.2) is 33.7 Å². The van der Waals surface area contributed by atoms with E-state index in [1.165, 1.54) is 6.07 Å². The van der Waals surface area contributed by atoms with E-state index in [9.17, 15) is 8.42 Å². The zero-order chi connectivity index (χ0) is 15.3. The molecule has 0 aromatic carbocycles. The van der Waals surface area contributed by atoms with Crippen molar-refractivity contribution < 1.29 is 17.6 Å². The third kappa shape index (κ3) is 4.54. The maximum absolute atomic E-state index is 12.2. The summed E-state index contributed by atoms with van der Waals surface area (Å²) in [6.45, 7) is 6.35. The second kappa shape index (κ2) is 6.91. The Morgan fingerprint density at radius 1 is 1.38 bits per heavy atom. The summed E-state index contributed by atoms with van der Waals surface area (Å²) in [6, 6.07) is 3.17. The van der Waals surface area contributed by atoms with Gasteiger partial charge in [0.25, 0.3) is 10.0 Å².